The summed E-state index contributed by atoms with van der Waals surface area (Å²) >= 11 is 0. The third-order valence-corrected chi connectivity index (χ3v) is 6.03. The molecule has 0 atom stereocenters. The smallest absolute Gasteiger partial charge is 0.255 e. The van der Waals surface area contributed by atoms with Crippen molar-refractivity contribution in [2.75, 3.05) is 12.4 Å². The van der Waals surface area contributed by atoms with Gasteiger partial charge in [-0.1, -0.05) is 62.4 Å². The number of fused-ring (bicyclic) bond motifs is 1. The van der Waals surface area contributed by atoms with Crippen LogP contribution in [-0.2, 0) is 0 Å². The highest BCUT2D eigenvalue weighted by Crippen LogP contribution is 2.33. The molecule has 1 heterocycles. The molecule has 5 rings (SSSR count). The number of amides is 1. The second-order valence-electron chi connectivity index (χ2n) is 8.71. The van der Waals surface area contributed by atoms with Gasteiger partial charge in [0.1, 0.15) is 11.3 Å². The van der Waals surface area contributed by atoms with E-state index in [0.717, 1.165) is 27.8 Å². The van der Waals surface area contributed by atoms with Crippen LogP contribution >= 0.6 is 0 Å². The number of benzene rings is 4. The summed E-state index contributed by atoms with van der Waals surface area (Å²) in [6.45, 7) is 4.30. The number of ether oxygens (including phenoxy) is 1. The highest BCUT2D eigenvalue weighted by molar-refractivity contribution is 6.05. The predicted octanol–water partition coefficient (Wildman–Crippen LogP) is 7.55. The SMILES string of the molecule is COc1ccc(-c2nc3cc(C(C)C)ccc3o2)cc1NC(=O)c1ccc(-c2ccccc2)cc1. The first-order chi connectivity index (χ1) is 17.0. The van der Waals surface area contributed by atoms with Crippen molar-refractivity contribution in [3.8, 4) is 28.3 Å². The van der Waals surface area contributed by atoms with Gasteiger partial charge in [-0.15, -0.1) is 0 Å². The van der Waals surface area contributed by atoms with Crippen LogP contribution < -0.4 is 10.1 Å². The molecule has 174 valence electrons. The first kappa shape index (κ1) is 22.4. The molecule has 5 heteroatoms. The Hall–Kier alpha value is -4.38. The molecule has 5 aromatic rings. The van der Waals surface area contributed by atoms with Crippen LogP contribution in [0.5, 0.6) is 5.75 Å². The Morgan fingerprint density at radius 1 is 0.857 bits per heavy atom. The van der Waals surface area contributed by atoms with E-state index in [1.54, 1.807) is 13.2 Å². The highest BCUT2D eigenvalue weighted by Gasteiger charge is 2.15. The van der Waals surface area contributed by atoms with Crippen LogP contribution in [0.1, 0.15) is 35.7 Å². The van der Waals surface area contributed by atoms with E-state index in [2.05, 4.69) is 36.3 Å². The number of carbonyl (C=O) groups is 1. The molecular weight excluding hydrogens is 436 g/mol. The zero-order valence-corrected chi connectivity index (χ0v) is 19.9. The van der Waals surface area contributed by atoms with Gasteiger partial charge in [0.25, 0.3) is 5.91 Å². The molecule has 0 spiro atoms. The van der Waals surface area contributed by atoms with Crippen LogP contribution in [0.25, 0.3) is 33.7 Å². The van der Waals surface area contributed by atoms with E-state index in [1.807, 2.05) is 72.8 Å². The van der Waals surface area contributed by atoms with Crippen molar-refractivity contribution >= 4 is 22.7 Å². The summed E-state index contributed by atoms with van der Waals surface area (Å²) in [7, 11) is 1.58. The van der Waals surface area contributed by atoms with Gasteiger partial charge in [-0.25, -0.2) is 4.98 Å². The number of carbonyl (C=O) groups excluding carboxylic acids is 1. The summed E-state index contributed by atoms with van der Waals surface area (Å²) in [5.41, 5.74) is 6.76. The van der Waals surface area contributed by atoms with E-state index in [1.165, 1.54) is 5.56 Å². The van der Waals surface area contributed by atoms with Crippen molar-refractivity contribution in [2.24, 2.45) is 0 Å². The van der Waals surface area contributed by atoms with Gasteiger partial charge in [0, 0.05) is 11.1 Å². The number of oxazole rings is 1. The average Bonchev–Trinajstić information content (AvgIpc) is 3.33. The molecule has 1 amide bonds. The maximum Gasteiger partial charge on any atom is 0.255 e. The number of nitrogens with zero attached hydrogens (tertiary/aromatic N) is 1. The van der Waals surface area contributed by atoms with E-state index in [0.29, 0.717) is 28.8 Å². The third-order valence-electron chi connectivity index (χ3n) is 6.03. The summed E-state index contributed by atoms with van der Waals surface area (Å²) in [6.07, 6.45) is 0. The van der Waals surface area contributed by atoms with Crippen LogP contribution in [0, 0.1) is 0 Å². The Balaban J connectivity index is 1.41. The maximum absolute atomic E-state index is 13.0. The summed E-state index contributed by atoms with van der Waals surface area (Å²) in [4.78, 5) is 17.7. The number of nitrogens with one attached hydrogen (secondary N) is 1. The Morgan fingerprint density at radius 2 is 1.57 bits per heavy atom. The maximum atomic E-state index is 13.0. The van der Waals surface area contributed by atoms with Gasteiger partial charge >= 0.3 is 0 Å². The molecule has 0 bridgehead atoms. The van der Waals surface area contributed by atoms with Crippen LogP contribution in [0.4, 0.5) is 5.69 Å². The molecule has 35 heavy (non-hydrogen) atoms. The molecule has 0 radical (unpaired) electrons. The lowest BCUT2D eigenvalue weighted by molar-refractivity contribution is 0.102. The van der Waals surface area contributed by atoms with Gasteiger partial charge < -0.3 is 14.5 Å². The van der Waals surface area contributed by atoms with Crippen LogP contribution in [0.3, 0.4) is 0 Å². The van der Waals surface area contributed by atoms with Crippen LogP contribution in [-0.4, -0.2) is 18.0 Å². The molecule has 0 aliphatic heterocycles. The molecule has 0 aliphatic rings. The number of hydrogen-bond donors (Lipinski definition) is 1. The fourth-order valence-corrected chi connectivity index (χ4v) is 4.00. The Bertz CT molecular complexity index is 1490. The Morgan fingerprint density at radius 3 is 2.29 bits per heavy atom. The lowest BCUT2D eigenvalue weighted by atomic mass is 10.0. The number of anilines is 1. The standard InChI is InChI=1S/C30H26N2O3/c1-19(2)23-13-16-28-26(17-23)32-30(35-28)24-14-15-27(34-3)25(18-24)31-29(33)22-11-9-21(10-12-22)20-7-5-4-6-8-20/h4-19H,1-3H3,(H,31,33). The summed E-state index contributed by atoms with van der Waals surface area (Å²) in [5.74, 6) is 1.23. The van der Waals surface area contributed by atoms with E-state index in [4.69, 9.17) is 9.15 Å². The number of aromatic nitrogens is 1. The first-order valence-corrected chi connectivity index (χ1v) is 11.6. The average molecular weight is 463 g/mol. The summed E-state index contributed by atoms with van der Waals surface area (Å²) in [5, 5.41) is 2.97. The Labute approximate surface area is 204 Å². The van der Waals surface area contributed by atoms with Crippen molar-refractivity contribution in [1.82, 2.24) is 4.98 Å². The van der Waals surface area contributed by atoms with E-state index in [9.17, 15) is 4.79 Å². The third kappa shape index (κ3) is 4.66. The van der Waals surface area contributed by atoms with Crippen molar-refractivity contribution in [3.05, 3.63) is 102 Å². The largest absolute Gasteiger partial charge is 0.495 e. The van der Waals surface area contributed by atoms with E-state index >= 15 is 0 Å². The predicted molar refractivity (Wildman–Crippen MR) is 140 cm³/mol. The number of rotatable bonds is 6. The van der Waals surface area contributed by atoms with Crippen molar-refractivity contribution in [2.45, 2.75) is 19.8 Å². The summed E-state index contributed by atoms with van der Waals surface area (Å²) < 4.78 is 11.5. The van der Waals surface area contributed by atoms with Crippen molar-refractivity contribution in [1.29, 1.82) is 0 Å². The monoisotopic (exact) mass is 462 g/mol. The van der Waals surface area contributed by atoms with Gasteiger partial charge in [-0.05, 0) is 65.1 Å². The fourth-order valence-electron chi connectivity index (χ4n) is 4.00. The van der Waals surface area contributed by atoms with Gasteiger partial charge in [-0.3, -0.25) is 4.79 Å². The molecule has 0 saturated heterocycles. The second-order valence-corrected chi connectivity index (χ2v) is 8.71. The molecule has 0 unspecified atom stereocenters. The second kappa shape index (κ2) is 9.47. The van der Waals surface area contributed by atoms with Crippen LogP contribution in [0.15, 0.2) is 95.4 Å². The van der Waals surface area contributed by atoms with Crippen LogP contribution in [0.2, 0.25) is 0 Å². The number of methoxy groups -OCH3 is 1. The normalized spacial score (nSPS) is 11.1. The van der Waals surface area contributed by atoms with Gasteiger partial charge in [0.2, 0.25) is 5.89 Å². The van der Waals surface area contributed by atoms with Crippen molar-refractivity contribution in [3.63, 3.8) is 0 Å². The lowest BCUT2D eigenvalue weighted by Gasteiger charge is -2.12. The topological polar surface area (TPSA) is 64.4 Å². The van der Waals surface area contributed by atoms with Gasteiger partial charge in [0.05, 0.1) is 12.8 Å². The molecule has 0 fully saturated rings. The molecule has 4 aromatic carbocycles. The van der Waals surface area contributed by atoms with E-state index < -0.39 is 0 Å². The Kier molecular flexibility index (Phi) is 6.06. The van der Waals surface area contributed by atoms with Gasteiger partial charge in [0.15, 0.2) is 5.58 Å². The first-order valence-electron chi connectivity index (χ1n) is 11.6. The summed E-state index contributed by atoms with van der Waals surface area (Å²) in [6, 6.07) is 29.2. The minimum Gasteiger partial charge on any atom is -0.495 e. The minimum absolute atomic E-state index is 0.223. The molecule has 5 nitrogen and oxygen atoms in total. The highest BCUT2D eigenvalue weighted by atomic mass is 16.5. The minimum atomic E-state index is -0.223. The molecule has 1 aromatic heterocycles. The fraction of sp³-hybridized carbons (Fsp3) is 0.133. The molecule has 0 aliphatic carbocycles. The number of hydrogen-bond acceptors (Lipinski definition) is 4. The molecule has 1 N–H and O–H groups in total. The van der Waals surface area contributed by atoms with Gasteiger partial charge in [-0.2, -0.15) is 0 Å². The van der Waals surface area contributed by atoms with Crippen molar-refractivity contribution < 1.29 is 13.9 Å². The zero-order chi connectivity index (χ0) is 24.4. The van der Waals surface area contributed by atoms with E-state index in [-0.39, 0.29) is 5.91 Å². The molecule has 0 saturated carbocycles. The lowest BCUT2D eigenvalue weighted by Crippen LogP contribution is -2.12. The quantitative estimate of drug-likeness (QED) is 0.283. The zero-order valence-electron chi connectivity index (χ0n) is 19.9. The molecular formula is C30H26N2O3.